The van der Waals surface area contributed by atoms with Crippen LogP contribution >= 0.6 is 0 Å². The average Bonchev–Trinajstić information content (AvgIpc) is 2.03. The minimum Gasteiger partial charge on any atom is -0.0885 e. The zero-order valence-electron chi connectivity index (χ0n) is 7.84. The van der Waals surface area contributed by atoms with Crippen LogP contribution in [-0.2, 0) is 0 Å². The third-order valence-corrected chi connectivity index (χ3v) is 4.02. The fourth-order valence-corrected chi connectivity index (χ4v) is 2.83. The van der Waals surface area contributed by atoms with Gasteiger partial charge in [-0.05, 0) is 25.2 Å². The smallest absolute Gasteiger partial charge is 0.0305 e. The monoisotopic (exact) mass is 168 g/mol. The molecule has 0 saturated carbocycles. The molecule has 1 aliphatic rings. The maximum Gasteiger partial charge on any atom is 0.0305 e. The molecular formula is C10H20Si. The highest BCUT2D eigenvalue weighted by Gasteiger charge is 2.09. The normalized spacial score (nSPS) is 24.5. The second-order valence-electron chi connectivity index (χ2n) is 4.12. The van der Waals surface area contributed by atoms with Crippen LogP contribution in [0.4, 0.5) is 0 Å². The topological polar surface area (TPSA) is 0 Å². The summed E-state index contributed by atoms with van der Waals surface area (Å²) < 4.78 is 0. The summed E-state index contributed by atoms with van der Waals surface area (Å²) in [7, 11) is -0.266. The molecule has 11 heavy (non-hydrogen) atoms. The van der Waals surface area contributed by atoms with Crippen LogP contribution in [0, 0.1) is 5.92 Å². The van der Waals surface area contributed by atoms with Crippen LogP contribution in [0.5, 0.6) is 0 Å². The fourth-order valence-electron chi connectivity index (χ4n) is 1.69. The maximum atomic E-state index is 2.46. The van der Waals surface area contributed by atoms with Gasteiger partial charge in [-0.3, -0.25) is 0 Å². The largest absolute Gasteiger partial charge is 0.0885 e. The molecule has 64 valence electrons. The van der Waals surface area contributed by atoms with Gasteiger partial charge >= 0.3 is 0 Å². The molecule has 0 aliphatic heterocycles. The molecule has 0 unspecified atom stereocenters. The number of hydrogen-bond donors (Lipinski definition) is 0. The highest BCUT2D eigenvalue weighted by Crippen LogP contribution is 2.23. The second kappa shape index (κ2) is 4.76. The van der Waals surface area contributed by atoms with Gasteiger partial charge in [0.15, 0.2) is 0 Å². The van der Waals surface area contributed by atoms with Gasteiger partial charge in [-0.1, -0.05) is 37.7 Å². The predicted molar refractivity (Wildman–Crippen MR) is 54.8 cm³/mol. The molecule has 0 radical (unpaired) electrons. The van der Waals surface area contributed by atoms with Crippen LogP contribution in [0.25, 0.3) is 0 Å². The van der Waals surface area contributed by atoms with E-state index < -0.39 is 0 Å². The molecule has 1 rings (SSSR count). The van der Waals surface area contributed by atoms with E-state index in [1.54, 1.807) is 6.04 Å². The van der Waals surface area contributed by atoms with Crippen molar-refractivity contribution in [2.45, 2.75) is 44.8 Å². The number of rotatable bonds is 3. The van der Waals surface area contributed by atoms with Gasteiger partial charge in [-0.15, -0.1) is 0 Å². The van der Waals surface area contributed by atoms with Crippen molar-refractivity contribution in [2.24, 2.45) is 5.92 Å². The lowest BCUT2D eigenvalue weighted by Gasteiger charge is -2.17. The number of hydrogen-bond acceptors (Lipinski definition) is 0. The molecule has 0 heterocycles. The average molecular weight is 168 g/mol. The molecular weight excluding hydrogens is 148 g/mol. The molecule has 0 saturated heterocycles. The van der Waals surface area contributed by atoms with Gasteiger partial charge in [0.1, 0.15) is 0 Å². The lowest BCUT2D eigenvalue weighted by molar-refractivity contribution is 0.464. The predicted octanol–water partition coefficient (Wildman–Crippen LogP) is 3.22. The van der Waals surface area contributed by atoms with Crippen molar-refractivity contribution >= 4 is 8.80 Å². The Morgan fingerprint density at radius 3 is 2.73 bits per heavy atom. The van der Waals surface area contributed by atoms with E-state index in [2.05, 4.69) is 25.2 Å². The SMILES string of the molecule is C[SiH](C)CC[C@@H]1CC=CCC1. The Bertz CT molecular complexity index is 127. The first-order valence-electron chi connectivity index (χ1n) is 4.94. The number of allylic oxidation sites excluding steroid dienone is 2. The minimum atomic E-state index is -0.266. The first kappa shape index (κ1) is 9.05. The van der Waals surface area contributed by atoms with E-state index in [1.807, 2.05) is 0 Å². The molecule has 0 bridgehead atoms. The van der Waals surface area contributed by atoms with Gasteiger partial charge in [-0.2, -0.15) is 0 Å². The van der Waals surface area contributed by atoms with Crippen molar-refractivity contribution in [3.8, 4) is 0 Å². The van der Waals surface area contributed by atoms with Crippen molar-refractivity contribution in [3.63, 3.8) is 0 Å². The summed E-state index contributed by atoms with van der Waals surface area (Å²) in [5.41, 5.74) is 0. The molecule has 0 aromatic heterocycles. The van der Waals surface area contributed by atoms with E-state index in [9.17, 15) is 0 Å². The first-order chi connectivity index (χ1) is 5.29. The minimum absolute atomic E-state index is 0.266. The lowest BCUT2D eigenvalue weighted by Crippen LogP contribution is -2.07. The Morgan fingerprint density at radius 2 is 2.18 bits per heavy atom. The molecule has 0 spiro atoms. The Labute approximate surface area is 72.3 Å². The van der Waals surface area contributed by atoms with Crippen molar-refractivity contribution in [3.05, 3.63) is 12.2 Å². The highest BCUT2D eigenvalue weighted by atomic mass is 28.3. The summed E-state index contributed by atoms with van der Waals surface area (Å²) in [4.78, 5) is 0. The maximum absolute atomic E-state index is 2.46. The van der Waals surface area contributed by atoms with E-state index in [1.165, 1.54) is 25.7 Å². The lowest BCUT2D eigenvalue weighted by atomic mass is 9.92. The Kier molecular flexibility index (Phi) is 3.91. The van der Waals surface area contributed by atoms with Gasteiger partial charge in [0.25, 0.3) is 0 Å². The molecule has 0 N–H and O–H groups in total. The molecule has 1 heteroatoms. The van der Waals surface area contributed by atoms with Gasteiger partial charge < -0.3 is 0 Å². The molecule has 1 aliphatic carbocycles. The summed E-state index contributed by atoms with van der Waals surface area (Å²) >= 11 is 0. The van der Waals surface area contributed by atoms with Crippen LogP contribution in [0.3, 0.4) is 0 Å². The van der Waals surface area contributed by atoms with Crippen LogP contribution in [0.15, 0.2) is 12.2 Å². The third kappa shape index (κ3) is 3.75. The van der Waals surface area contributed by atoms with E-state index in [0.717, 1.165) is 5.92 Å². The molecule has 0 aromatic carbocycles. The van der Waals surface area contributed by atoms with Crippen molar-refractivity contribution in [1.82, 2.24) is 0 Å². The quantitative estimate of drug-likeness (QED) is 0.448. The van der Waals surface area contributed by atoms with Gasteiger partial charge in [0.2, 0.25) is 0 Å². The fraction of sp³-hybridized carbons (Fsp3) is 0.800. The second-order valence-corrected chi connectivity index (χ2v) is 7.49. The van der Waals surface area contributed by atoms with E-state index in [0.29, 0.717) is 0 Å². The molecule has 1 atom stereocenters. The zero-order valence-corrected chi connectivity index (χ0v) is 9.00. The summed E-state index contributed by atoms with van der Waals surface area (Å²) in [5.74, 6) is 1.04. The highest BCUT2D eigenvalue weighted by molar-refractivity contribution is 6.55. The van der Waals surface area contributed by atoms with Crippen molar-refractivity contribution < 1.29 is 0 Å². The third-order valence-electron chi connectivity index (χ3n) is 2.53. The van der Waals surface area contributed by atoms with Crippen LogP contribution in [0.1, 0.15) is 25.7 Å². The zero-order chi connectivity index (χ0) is 8.10. The molecule has 0 aromatic rings. The van der Waals surface area contributed by atoms with Crippen molar-refractivity contribution in [1.29, 1.82) is 0 Å². The molecule has 0 amide bonds. The van der Waals surface area contributed by atoms with Crippen LogP contribution in [-0.4, -0.2) is 8.80 Å². The molecule has 0 fully saturated rings. The van der Waals surface area contributed by atoms with E-state index in [4.69, 9.17) is 0 Å². The summed E-state index contributed by atoms with van der Waals surface area (Å²) in [6, 6.07) is 1.55. The van der Waals surface area contributed by atoms with Crippen LogP contribution < -0.4 is 0 Å². The van der Waals surface area contributed by atoms with E-state index in [-0.39, 0.29) is 8.80 Å². The van der Waals surface area contributed by atoms with Gasteiger partial charge in [-0.25, -0.2) is 0 Å². The van der Waals surface area contributed by atoms with Gasteiger partial charge in [0.05, 0.1) is 0 Å². The van der Waals surface area contributed by atoms with Gasteiger partial charge in [0, 0.05) is 8.80 Å². The Hall–Kier alpha value is -0.0431. The standard InChI is InChI=1S/C10H20Si/c1-11(2)9-8-10-6-4-3-5-7-10/h3-4,10-11H,5-9H2,1-2H3/t10-/m1/s1. The molecule has 0 nitrogen and oxygen atoms in total. The van der Waals surface area contributed by atoms with Crippen molar-refractivity contribution in [2.75, 3.05) is 0 Å². The first-order valence-corrected chi connectivity index (χ1v) is 8.06. The summed E-state index contributed by atoms with van der Waals surface area (Å²) in [5, 5.41) is 0. The summed E-state index contributed by atoms with van der Waals surface area (Å²) in [6.45, 7) is 4.91. The van der Waals surface area contributed by atoms with E-state index >= 15 is 0 Å². The Balaban J connectivity index is 2.11. The van der Waals surface area contributed by atoms with Crippen LogP contribution in [0.2, 0.25) is 19.1 Å². The summed E-state index contributed by atoms with van der Waals surface area (Å²) in [6.07, 6.45) is 10.4. The Morgan fingerprint density at radius 1 is 1.36 bits per heavy atom.